The second-order valence-electron chi connectivity index (χ2n) is 7.11. The number of hydrogen-bond acceptors (Lipinski definition) is 5. The minimum absolute atomic E-state index is 0.0793. The topological polar surface area (TPSA) is 95.1 Å². The van der Waals surface area contributed by atoms with Gasteiger partial charge < -0.3 is 15.4 Å². The number of aromatic amines is 1. The molecule has 33 heavy (non-hydrogen) atoms. The van der Waals surface area contributed by atoms with Gasteiger partial charge in [-0.3, -0.25) is 4.79 Å². The van der Waals surface area contributed by atoms with Gasteiger partial charge in [0.1, 0.15) is 16.6 Å². The number of benzene rings is 1. The number of fused-ring (bicyclic) bond motifs is 1. The van der Waals surface area contributed by atoms with E-state index in [1.165, 1.54) is 29.5 Å². The first kappa shape index (κ1) is 24.5. The molecule has 1 aromatic carbocycles. The van der Waals surface area contributed by atoms with Gasteiger partial charge in [-0.15, -0.1) is 11.3 Å². The lowest BCUT2D eigenvalue weighted by atomic mass is 9.91. The first-order valence-corrected chi connectivity index (χ1v) is 10.5. The van der Waals surface area contributed by atoms with Crippen molar-refractivity contribution < 1.29 is 31.9 Å². The van der Waals surface area contributed by atoms with Crippen molar-refractivity contribution in [2.24, 2.45) is 0 Å². The molecule has 0 radical (unpaired) electrons. The SMILES string of the molecule is O=C(O)C(F)(F)F.O=c1ccc2c([nH]1)CCCC2NCc1cnc(-c2c(F)cccc2F)s1. The van der Waals surface area contributed by atoms with Gasteiger partial charge in [0.05, 0.1) is 5.56 Å². The molecule has 0 bridgehead atoms. The van der Waals surface area contributed by atoms with E-state index in [4.69, 9.17) is 9.90 Å². The van der Waals surface area contributed by atoms with Crippen molar-refractivity contribution in [2.75, 3.05) is 0 Å². The van der Waals surface area contributed by atoms with Crippen molar-refractivity contribution in [3.8, 4) is 10.6 Å². The van der Waals surface area contributed by atoms with Crippen LogP contribution in [0.15, 0.2) is 41.3 Å². The fourth-order valence-corrected chi connectivity index (χ4v) is 4.25. The summed E-state index contributed by atoms with van der Waals surface area (Å²) in [6.45, 7) is 0.553. The van der Waals surface area contributed by atoms with E-state index >= 15 is 0 Å². The van der Waals surface area contributed by atoms with E-state index in [0.717, 1.165) is 35.4 Å². The van der Waals surface area contributed by atoms with Crippen molar-refractivity contribution in [2.45, 2.75) is 38.0 Å². The van der Waals surface area contributed by atoms with Crippen LogP contribution in [-0.2, 0) is 17.8 Å². The number of pyridine rings is 1. The maximum Gasteiger partial charge on any atom is 0.490 e. The second-order valence-corrected chi connectivity index (χ2v) is 8.23. The molecule has 0 spiro atoms. The number of carboxylic acid groups (broad SMARTS) is 1. The van der Waals surface area contributed by atoms with E-state index in [1.807, 2.05) is 6.07 Å². The Bertz CT molecular complexity index is 1170. The predicted molar refractivity (Wildman–Crippen MR) is 111 cm³/mol. The number of carbonyl (C=O) groups is 1. The zero-order chi connectivity index (χ0) is 24.2. The largest absolute Gasteiger partial charge is 0.490 e. The standard InChI is InChI=1S/C19H17F2N3OS.C2HF3O2/c20-13-3-1-4-14(21)18(13)19-23-10-11(26-19)9-22-15-5-2-6-16-12(15)7-8-17(25)24-16;3-2(4,5)1(6)7/h1,3-4,7-8,10,15,22H,2,5-6,9H2,(H,24,25);(H,6,7). The Labute approximate surface area is 188 Å². The predicted octanol–water partition coefficient (Wildman–Crippen LogP) is 4.58. The lowest BCUT2D eigenvalue weighted by Gasteiger charge is -2.25. The third-order valence-corrected chi connectivity index (χ3v) is 5.84. The van der Waals surface area contributed by atoms with Crippen LogP contribution in [-0.4, -0.2) is 27.2 Å². The molecule has 176 valence electrons. The van der Waals surface area contributed by atoms with Crippen molar-refractivity contribution >= 4 is 17.3 Å². The fourth-order valence-electron chi connectivity index (χ4n) is 3.34. The van der Waals surface area contributed by atoms with E-state index < -0.39 is 23.8 Å². The van der Waals surface area contributed by atoms with Crippen LogP contribution in [0, 0.1) is 11.6 Å². The van der Waals surface area contributed by atoms with Gasteiger partial charge in [-0.05, 0) is 37.0 Å². The molecule has 4 rings (SSSR count). The van der Waals surface area contributed by atoms with Crippen molar-refractivity contribution in [1.82, 2.24) is 15.3 Å². The molecule has 1 aliphatic rings. The molecule has 12 heteroatoms. The normalized spacial score (nSPS) is 15.4. The number of carboxylic acids is 1. The van der Waals surface area contributed by atoms with Gasteiger partial charge in [-0.2, -0.15) is 13.2 Å². The number of rotatable bonds is 4. The van der Waals surface area contributed by atoms with Crippen LogP contribution in [0.5, 0.6) is 0 Å². The summed E-state index contributed by atoms with van der Waals surface area (Å²) in [6.07, 6.45) is -0.581. The molecule has 2 heterocycles. The van der Waals surface area contributed by atoms with Gasteiger partial charge in [-0.1, -0.05) is 12.1 Å². The number of nitrogens with one attached hydrogen (secondary N) is 2. The number of H-pyrrole nitrogens is 1. The highest BCUT2D eigenvalue weighted by Crippen LogP contribution is 2.31. The van der Waals surface area contributed by atoms with Crippen molar-refractivity contribution in [3.05, 3.63) is 74.7 Å². The molecular weight excluding hydrogens is 469 g/mol. The number of halogens is 5. The van der Waals surface area contributed by atoms with Gasteiger partial charge in [0, 0.05) is 35.4 Å². The van der Waals surface area contributed by atoms with Crippen molar-refractivity contribution in [3.63, 3.8) is 0 Å². The molecule has 0 saturated carbocycles. The molecule has 1 unspecified atom stereocenters. The summed E-state index contributed by atoms with van der Waals surface area (Å²) in [5.74, 6) is -3.97. The average molecular weight is 487 g/mol. The Hall–Kier alpha value is -3.12. The van der Waals surface area contributed by atoms with Crippen LogP contribution in [0.4, 0.5) is 22.0 Å². The summed E-state index contributed by atoms with van der Waals surface area (Å²) in [5, 5.41) is 10.9. The van der Waals surface area contributed by atoms with Crippen LogP contribution in [0.3, 0.4) is 0 Å². The first-order chi connectivity index (χ1) is 15.6. The second kappa shape index (κ2) is 10.2. The minimum atomic E-state index is -5.08. The zero-order valence-corrected chi connectivity index (χ0v) is 17.7. The van der Waals surface area contributed by atoms with E-state index in [2.05, 4.69) is 15.3 Å². The minimum Gasteiger partial charge on any atom is -0.475 e. The number of aliphatic carboxylic acids is 1. The Balaban J connectivity index is 0.000000383. The van der Waals surface area contributed by atoms with E-state index in [0.29, 0.717) is 11.6 Å². The van der Waals surface area contributed by atoms with Crippen LogP contribution >= 0.6 is 11.3 Å². The molecule has 3 N–H and O–H groups in total. The maximum absolute atomic E-state index is 13.9. The smallest absolute Gasteiger partial charge is 0.475 e. The van der Waals surface area contributed by atoms with Crippen LogP contribution in [0.2, 0.25) is 0 Å². The lowest BCUT2D eigenvalue weighted by molar-refractivity contribution is -0.192. The molecule has 3 aromatic rings. The number of thiazole rings is 1. The van der Waals surface area contributed by atoms with Crippen LogP contribution in [0.25, 0.3) is 10.6 Å². The summed E-state index contributed by atoms with van der Waals surface area (Å²) in [6, 6.07) is 7.37. The van der Waals surface area contributed by atoms with Gasteiger partial charge in [0.15, 0.2) is 0 Å². The quantitative estimate of drug-likeness (QED) is 0.469. The molecule has 6 nitrogen and oxygen atoms in total. The highest BCUT2D eigenvalue weighted by atomic mass is 32.1. The Morgan fingerprint density at radius 3 is 2.52 bits per heavy atom. The summed E-state index contributed by atoms with van der Waals surface area (Å²) >= 11 is 1.28. The third-order valence-electron chi connectivity index (χ3n) is 4.83. The average Bonchev–Trinajstić information content (AvgIpc) is 3.20. The highest BCUT2D eigenvalue weighted by molar-refractivity contribution is 7.15. The third kappa shape index (κ3) is 6.23. The van der Waals surface area contributed by atoms with Gasteiger partial charge >= 0.3 is 12.1 Å². The maximum atomic E-state index is 13.9. The Kier molecular flexibility index (Phi) is 7.59. The zero-order valence-electron chi connectivity index (χ0n) is 16.9. The van der Waals surface area contributed by atoms with Gasteiger partial charge in [0.25, 0.3) is 0 Å². The molecule has 0 saturated heterocycles. The summed E-state index contributed by atoms with van der Waals surface area (Å²) in [7, 11) is 0. The van der Waals surface area contributed by atoms with Crippen LogP contribution < -0.4 is 10.9 Å². The number of aromatic nitrogens is 2. The molecule has 1 aliphatic carbocycles. The molecule has 0 fully saturated rings. The Morgan fingerprint density at radius 1 is 1.21 bits per heavy atom. The van der Waals surface area contributed by atoms with Gasteiger partial charge in [0.2, 0.25) is 5.56 Å². The fraction of sp³-hybridized carbons (Fsp3) is 0.286. The molecule has 1 atom stereocenters. The van der Waals surface area contributed by atoms with E-state index in [1.54, 1.807) is 12.3 Å². The first-order valence-electron chi connectivity index (χ1n) is 9.71. The van der Waals surface area contributed by atoms with Crippen LogP contribution in [0.1, 0.15) is 35.0 Å². The van der Waals surface area contributed by atoms with E-state index in [-0.39, 0.29) is 17.2 Å². The highest BCUT2D eigenvalue weighted by Gasteiger charge is 2.38. The monoisotopic (exact) mass is 487 g/mol. The molecule has 0 aliphatic heterocycles. The molecule has 0 amide bonds. The summed E-state index contributed by atoms with van der Waals surface area (Å²) in [5.41, 5.74) is 1.94. The summed E-state index contributed by atoms with van der Waals surface area (Å²) < 4.78 is 59.5. The lowest BCUT2D eigenvalue weighted by Crippen LogP contribution is -2.26. The van der Waals surface area contributed by atoms with Gasteiger partial charge in [-0.25, -0.2) is 18.6 Å². The number of hydrogen-bond donors (Lipinski definition) is 3. The number of aryl methyl sites for hydroxylation is 1. The Morgan fingerprint density at radius 2 is 1.88 bits per heavy atom. The number of alkyl halides is 3. The summed E-state index contributed by atoms with van der Waals surface area (Å²) in [4.78, 5) is 28.4. The molecular formula is C21H18F5N3O3S. The number of nitrogens with zero attached hydrogens (tertiary/aromatic N) is 1. The van der Waals surface area contributed by atoms with E-state index in [9.17, 15) is 26.7 Å². The molecule has 2 aromatic heterocycles. The van der Waals surface area contributed by atoms with Crippen molar-refractivity contribution in [1.29, 1.82) is 0 Å².